The first-order valence-electron chi connectivity index (χ1n) is 9.01. The van der Waals surface area contributed by atoms with Gasteiger partial charge in [0, 0.05) is 19.6 Å². The summed E-state index contributed by atoms with van der Waals surface area (Å²) in [5.74, 6) is 1.11. The van der Waals surface area contributed by atoms with E-state index in [-0.39, 0.29) is 17.4 Å². The predicted molar refractivity (Wildman–Crippen MR) is 92.3 cm³/mol. The summed E-state index contributed by atoms with van der Waals surface area (Å²) in [4.78, 5) is 19.6. The van der Waals surface area contributed by atoms with E-state index in [9.17, 15) is 4.79 Å². The summed E-state index contributed by atoms with van der Waals surface area (Å²) < 4.78 is 4.79. The van der Waals surface area contributed by atoms with Gasteiger partial charge in [-0.1, -0.05) is 41.9 Å². The molecule has 1 aromatic carbocycles. The van der Waals surface area contributed by atoms with E-state index in [1.165, 1.54) is 12.0 Å². The first-order valence-corrected chi connectivity index (χ1v) is 9.01. The number of fused-ring (bicyclic) bond motifs is 1. The van der Waals surface area contributed by atoms with Gasteiger partial charge in [-0.3, -0.25) is 9.69 Å². The van der Waals surface area contributed by atoms with Crippen molar-refractivity contribution in [3.05, 3.63) is 48.1 Å². The Kier molecular flexibility index (Phi) is 4.29. The summed E-state index contributed by atoms with van der Waals surface area (Å²) in [5, 5.41) is 6.96. The molecule has 0 unspecified atom stereocenters. The molecule has 4 rings (SSSR count). The van der Waals surface area contributed by atoms with Crippen LogP contribution < -0.4 is 5.32 Å². The number of rotatable bonds is 5. The van der Waals surface area contributed by atoms with Crippen molar-refractivity contribution in [2.24, 2.45) is 11.3 Å². The first kappa shape index (κ1) is 16.3. The quantitative estimate of drug-likeness (QED) is 0.906. The zero-order valence-corrected chi connectivity index (χ0v) is 14.5. The second-order valence-corrected chi connectivity index (χ2v) is 7.39. The Labute approximate surface area is 147 Å². The van der Waals surface area contributed by atoms with Crippen molar-refractivity contribution >= 4 is 5.91 Å². The number of carbonyl (C=O) groups excluding carboxylic acids is 1. The normalized spacial score (nSPS) is 27.2. The van der Waals surface area contributed by atoms with Crippen LogP contribution in [0.4, 0.5) is 0 Å². The highest BCUT2D eigenvalue weighted by molar-refractivity contribution is 5.84. The summed E-state index contributed by atoms with van der Waals surface area (Å²) in [6.07, 6.45) is 4.53. The molecule has 6 heteroatoms. The van der Waals surface area contributed by atoms with Crippen LogP contribution in [0.3, 0.4) is 0 Å². The van der Waals surface area contributed by atoms with E-state index < -0.39 is 0 Å². The number of benzene rings is 1. The third-order valence-corrected chi connectivity index (χ3v) is 5.76. The van der Waals surface area contributed by atoms with E-state index in [0.717, 1.165) is 38.9 Å². The largest absolute Gasteiger partial charge is 0.346 e. The van der Waals surface area contributed by atoms with Crippen molar-refractivity contribution in [1.29, 1.82) is 0 Å². The number of hydrogen-bond acceptors (Lipinski definition) is 5. The number of likely N-dealkylation sites (tertiary alicyclic amines) is 1. The topological polar surface area (TPSA) is 71.3 Å². The van der Waals surface area contributed by atoms with Crippen LogP contribution in [-0.2, 0) is 11.3 Å². The molecule has 2 aromatic rings. The van der Waals surface area contributed by atoms with Crippen molar-refractivity contribution in [3.63, 3.8) is 0 Å². The third-order valence-electron chi connectivity index (χ3n) is 5.76. The van der Waals surface area contributed by atoms with Crippen molar-refractivity contribution in [2.75, 3.05) is 13.1 Å². The molecule has 1 aromatic heterocycles. The monoisotopic (exact) mass is 340 g/mol. The Balaban J connectivity index is 1.46. The fourth-order valence-electron chi connectivity index (χ4n) is 4.50. The fraction of sp³-hybridized carbons (Fsp3) is 0.526. The average Bonchev–Trinajstić information content (AvgIpc) is 3.31. The van der Waals surface area contributed by atoms with Gasteiger partial charge < -0.3 is 9.84 Å². The molecule has 0 bridgehead atoms. The molecular weight excluding hydrogens is 316 g/mol. The van der Waals surface area contributed by atoms with Gasteiger partial charge in [-0.25, -0.2) is 0 Å². The minimum absolute atomic E-state index is 0.142. The van der Waals surface area contributed by atoms with Crippen LogP contribution >= 0.6 is 0 Å². The number of hydrogen-bond donors (Lipinski definition) is 1. The van der Waals surface area contributed by atoms with Crippen molar-refractivity contribution in [1.82, 2.24) is 20.4 Å². The van der Waals surface area contributed by atoms with Crippen LogP contribution in [0.5, 0.6) is 0 Å². The van der Waals surface area contributed by atoms with Crippen LogP contribution in [0.25, 0.3) is 0 Å². The van der Waals surface area contributed by atoms with Gasteiger partial charge in [-0.15, -0.1) is 0 Å². The molecule has 132 valence electrons. The predicted octanol–water partition coefficient (Wildman–Crippen LogP) is 2.55. The average molecular weight is 340 g/mol. The SMILES string of the molecule is C[C@@H](NC(=O)[C@@]12CCC[C@@H]1CN(Cc1ccccc1)C2)c1ncon1. The third kappa shape index (κ3) is 3.06. The Hall–Kier alpha value is -2.21. The van der Waals surface area contributed by atoms with E-state index in [4.69, 9.17) is 4.52 Å². The lowest BCUT2D eigenvalue weighted by molar-refractivity contribution is -0.132. The summed E-state index contributed by atoms with van der Waals surface area (Å²) in [7, 11) is 0. The fourth-order valence-corrected chi connectivity index (χ4v) is 4.50. The Morgan fingerprint density at radius 3 is 3.04 bits per heavy atom. The number of carbonyl (C=O) groups is 1. The van der Waals surface area contributed by atoms with Gasteiger partial charge >= 0.3 is 0 Å². The van der Waals surface area contributed by atoms with Crippen molar-refractivity contribution < 1.29 is 9.32 Å². The Morgan fingerprint density at radius 1 is 1.44 bits per heavy atom. The second kappa shape index (κ2) is 6.59. The lowest BCUT2D eigenvalue weighted by atomic mass is 9.79. The standard InChI is InChI=1S/C19H24N4O2/c1-14(17-20-13-25-22-17)21-18(24)19-9-5-8-16(19)11-23(12-19)10-15-6-3-2-4-7-15/h2-4,6-7,13-14,16H,5,8-12H2,1H3,(H,21,24)/t14-,16-,19-/m1/s1. The van der Waals surface area contributed by atoms with E-state index in [2.05, 4.69) is 44.6 Å². The molecule has 0 radical (unpaired) electrons. The van der Waals surface area contributed by atoms with E-state index in [0.29, 0.717) is 11.7 Å². The summed E-state index contributed by atoms with van der Waals surface area (Å²) in [6.45, 7) is 4.64. The number of nitrogens with one attached hydrogen (secondary N) is 1. The van der Waals surface area contributed by atoms with Crippen LogP contribution in [0.2, 0.25) is 0 Å². The smallest absolute Gasteiger partial charge is 0.228 e. The van der Waals surface area contributed by atoms with Gasteiger partial charge in [0.05, 0.1) is 11.5 Å². The zero-order chi connectivity index (χ0) is 17.3. The van der Waals surface area contributed by atoms with E-state index in [1.807, 2.05) is 13.0 Å². The molecule has 0 spiro atoms. The molecule has 2 aliphatic rings. The lowest BCUT2D eigenvalue weighted by Gasteiger charge is -2.29. The maximum absolute atomic E-state index is 13.1. The molecule has 3 atom stereocenters. The van der Waals surface area contributed by atoms with Gasteiger partial charge in [0.15, 0.2) is 5.82 Å². The molecule has 2 fully saturated rings. The molecule has 2 heterocycles. The van der Waals surface area contributed by atoms with Gasteiger partial charge in [0.1, 0.15) is 0 Å². The first-order chi connectivity index (χ1) is 12.2. The van der Waals surface area contributed by atoms with Gasteiger partial charge in [0.2, 0.25) is 12.3 Å². The van der Waals surface area contributed by atoms with E-state index in [1.54, 1.807) is 0 Å². The lowest BCUT2D eigenvalue weighted by Crippen LogP contribution is -2.45. The van der Waals surface area contributed by atoms with Gasteiger partial charge in [-0.2, -0.15) is 4.98 Å². The minimum atomic E-state index is -0.271. The molecular formula is C19H24N4O2. The van der Waals surface area contributed by atoms with Crippen LogP contribution in [-0.4, -0.2) is 34.0 Å². The highest BCUT2D eigenvalue weighted by atomic mass is 16.5. The summed E-state index contributed by atoms with van der Waals surface area (Å²) in [6, 6.07) is 10.3. The maximum atomic E-state index is 13.1. The summed E-state index contributed by atoms with van der Waals surface area (Å²) in [5.41, 5.74) is 1.03. The number of amides is 1. The minimum Gasteiger partial charge on any atom is -0.346 e. The molecule has 1 N–H and O–H groups in total. The van der Waals surface area contributed by atoms with Crippen LogP contribution in [0, 0.1) is 11.3 Å². The van der Waals surface area contributed by atoms with Crippen molar-refractivity contribution in [2.45, 2.75) is 38.8 Å². The van der Waals surface area contributed by atoms with E-state index >= 15 is 0 Å². The zero-order valence-electron chi connectivity index (χ0n) is 14.5. The van der Waals surface area contributed by atoms with Crippen LogP contribution in [0.1, 0.15) is 43.6 Å². The Bertz CT molecular complexity index is 718. The van der Waals surface area contributed by atoms with Crippen LogP contribution in [0.15, 0.2) is 41.2 Å². The highest BCUT2D eigenvalue weighted by Crippen LogP contribution is 2.49. The maximum Gasteiger partial charge on any atom is 0.228 e. The molecule has 25 heavy (non-hydrogen) atoms. The van der Waals surface area contributed by atoms with Gasteiger partial charge in [-0.05, 0) is 31.2 Å². The van der Waals surface area contributed by atoms with Gasteiger partial charge in [0.25, 0.3) is 0 Å². The molecule has 1 saturated heterocycles. The molecule has 1 amide bonds. The molecule has 6 nitrogen and oxygen atoms in total. The summed E-state index contributed by atoms with van der Waals surface area (Å²) >= 11 is 0. The molecule has 1 saturated carbocycles. The Morgan fingerprint density at radius 2 is 2.28 bits per heavy atom. The number of aromatic nitrogens is 2. The van der Waals surface area contributed by atoms with Crippen molar-refractivity contribution in [3.8, 4) is 0 Å². The second-order valence-electron chi connectivity index (χ2n) is 7.39. The number of nitrogens with zero attached hydrogens (tertiary/aromatic N) is 3. The molecule has 1 aliphatic carbocycles. The highest BCUT2D eigenvalue weighted by Gasteiger charge is 2.54. The molecule has 1 aliphatic heterocycles.